The first-order valence-electron chi connectivity index (χ1n) is 6.42. The van der Waals surface area contributed by atoms with E-state index >= 15 is 0 Å². The Kier molecular flexibility index (Phi) is 4.84. The van der Waals surface area contributed by atoms with Crippen LogP contribution in [0.25, 0.3) is 0 Å². The van der Waals surface area contributed by atoms with Crippen molar-refractivity contribution < 1.29 is 0 Å². The summed E-state index contributed by atoms with van der Waals surface area (Å²) in [7, 11) is 0. The van der Waals surface area contributed by atoms with Crippen LogP contribution in [0.1, 0.15) is 6.42 Å². The van der Waals surface area contributed by atoms with Crippen molar-refractivity contribution in [2.75, 3.05) is 5.43 Å². The molecule has 0 saturated carbocycles. The van der Waals surface area contributed by atoms with Gasteiger partial charge in [-0.2, -0.15) is 5.10 Å². The van der Waals surface area contributed by atoms with Crippen molar-refractivity contribution in [1.29, 1.82) is 5.41 Å². The third-order valence-corrected chi connectivity index (χ3v) is 2.73. The van der Waals surface area contributed by atoms with Crippen LogP contribution in [0, 0.1) is 5.41 Å². The third kappa shape index (κ3) is 4.21. The highest BCUT2D eigenvalue weighted by atomic mass is 15.3. The zero-order chi connectivity index (χ0) is 14.2. The summed E-state index contributed by atoms with van der Waals surface area (Å²) in [6, 6.07) is 9.73. The van der Waals surface area contributed by atoms with Gasteiger partial charge in [-0.25, -0.2) is 0 Å². The molecule has 3 nitrogen and oxygen atoms in total. The van der Waals surface area contributed by atoms with Crippen molar-refractivity contribution in [3.05, 3.63) is 78.9 Å². The number of rotatable bonds is 2. The van der Waals surface area contributed by atoms with Gasteiger partial charge in [0.05, 0.1) is 11.4 Å². The number of allylic oxidation sites excluding steroid dienone is 7. The standard InChI is InChI=1S/C17H17N3/c1-14-8-4-2-5-9-15(18)12-13-17(14)20-19-16-10-6-3-7-11-16/h2-8,10-13,18-19H,1,9H2/b5-2-,8-4-,13-12?,18-15?,20-17?. The smallest absolute Gasteiger partial charge is 0.0900 e. The van der Waals surface area contributed by atoms with Gasteiger partial charge in [-0.05, 0) is 29.9 Å². The van der Waals surface area contributed by atoms with Crippen LogP contribution >= 0.6 is 0 Å². The molecule has 0 radical (unpaired) electrons. The molecule has 2 N–H and O–H groups in total. The fourth-order valence-electron chi connectivity index (χ4n) is 1.63. The quantitative estimate of drug-likeness (QED) is 0.775. The van der Waals surface area contributed by atoms with E-state index in [1.54, 1.807) is 6.08 Å². The van der Waals surface area contributed by atoms with Crippen LogP contribution in [0.15, 0.2) is 84.0 Å². The normalized spacial score (nSPS) is 20.7. The Morgan fingerprint density at radius 3 is 2.65 bits per heavy atom. The molecule has 0 unspecified atom stereocenters. The van der Waals surface area contributed by atoms with Crippen LogP contribution in [-0.2, 0) is 0 Å². The number of nitrogens with one attached hydrogen (secondary N) is 2. The highest BCUT2D eigenvalue weighted by Crippen LogP contribution is 2.08. The average Bonchev–Trinajstić information content (AvgIpc) is 2.47. The molecular weight excluding hydrogens is 246 g/mol. The molecule has 100 valence electrons. The van der Waals surface area contributed by atoms with Gasteiger partial charge in [-0.15, -0.1) is 0 Å². The van der Waals surface area contributed by atoms with Crippen molar-refractivity contribution in [3.63, 3.8) is 0 Å². The molecule has 0 spiro atoms. The minimum absolute atomic E-state index is 0.539. The number of para-hydroxylation sites is 1. The number of hydrogen-bond donors (Lipinski definition) is 2. The van der Waals surface area contributed by atoms with Gasteiger partial charge < -0.3 is 5.41 Å². The van der Waals surface area contributed by atoms with E-state index in [4.69, 9.17) is 5.41 Å². The van der Waals surface area contributed by atoms with Gasteiger partial charge >= 0.3 is 0 Å². The predicted molar refractivity (Wildman–Crippen MR) is 86.4 cm³/mol. The summed E-state index contributed by atoms with van der Waals surface area (Å²) >= 11 is 0. The lowest BCUT2D eigenvalue weighted by Crippen LogP contribution is -2.02. The summed E-state index contributed by atoms with van der Waals surface area (Å²) in [4.78, 5) is 0. The molecule has 1 aromatic carbocycles. The maximum Gasteiger partial charge on any atom is 0.0900 e. The van der Waals surface area contributed by atoms with E-state index < -0.39 is 0 Å². The second-order valence-corrected chi connectivity index (χ2v) is 4.35. The van der Waals surface area contributed by atoms with Crippen molar-refractivity contribution in [2.45, 2.75) is 6.42 Å². The van der Waals surface area contributed by atoms with E-state index in [0.29, 0.717) is 17.8 Å². The highest BCUT2D eigenvalue weighted by molar-refractivity contribution is 6.13. The zero-order valence-corrected chi connectivity index (χ0v) is 11.2. The van der Waals surface area contributed by atoms with Crippen LogP contribution in [0.2, 0.25) is 0 Å². The lowest BCUT2D eigenvalue weighted by Gasteiger charge is -2.05. The van der Waals surface area contributed by atoms with Crippen LogP contribution in [0.4, 0.5) is 5.69 Å². The van der Waals surface area contributed by atoms with Gasteiger partial charge in [0, 0.05) is 12.1 Å². The van der Waals surface area contributed by atoms with E-state index in [0.717, 1.165) is 11.3 Å². The predicted octanol–water partition coefficient (Wildman–Crippen LogP) is 4.10. The third-order valence-electron chi connectivity index (χ3n) is 2.73. The molecule has 0 bridgehead atoms. The fourth-order valence-corrected chi connectivity index (χ4v) is 1.63. The number of hydrazone groups is 1. The van der Waals surface area contributed by atoms with E-state index in [9.17, 15) is 0 Å². The van der Waals surface area contributed by atoms with Crippen molar-refractivity contribution in [2.24, 2.45) is 5.10 Å². The Hall–Kier alpha value is -2.68. The summed E-state index contributed by atoms with van der Waals surface area (Å²) in [5, 5.41) is 12.1. The summed E-state index contributed by atoms with van der Waals surface area (Å²) < 4.78 is 0. The molecule has 2 rings (SSSR count). The topological polar surface area (TPSA) is 48.2 Å². The monoisotopic (exact) mass is 263 g/mol. The Morgan fingerprint density at radius 2 is 1.85 bits per heavy atom. The summed E-state index contributed by atoms with van der Waals surface area (Å²) in [5.74, 6) is 0. The Bertz CT molecular complexity index is 604. The van der Waals surface area contributed by atoms with Crippen molar-refractivity contribution >= 4 is 17.1 Å². The van der Waals surface area contributed by atoms with E-state index in [1.165, 1.54) is 0 Å². The van der Waals surface area contributed by atoms with Gasteiger partial charge in [-0.3, -0.25) is 5.43 Å². The van der Waals surface area contributed by atoms with Gasteiger partial charge in [-0.1, -0.05) is 49.1 Å². The molecule has 0 saturated heterocycles. The van der Waals surface area contributed by atoms with E-state index in [-0.39, 0.29) is 0 Å². The second kappa shape index (κ2) is 7.04. The number of hydrogen-bond acceptors (Lipinski definition) is 3. The van der Waals surface area contributed by atoms with Gasteiger partial charge in [0.15, 0.2) is 0 Å². The van der Waals surface area contributed by atoms with Gasteiger partial charge in [0.25, 0.3) is 0 Å². The molecule has 3 heteroatoms. The van der Waals surface area contributed by atoms with Crippen molar-refractivity contribution in [1.82, 2.24) is 0 Å². The first-order valence-corrected chi connectivity index (χ1v) is 6.42. The molecule has 0 heterocycles. The minimum atomic E-state index is 0.539. The highest BCUT2D eigenvalue weighted by Gasteiger charge is 2.00. The zero-order valence-electron chi connectivity index (χ0n) is 11.2. The SMILES string of the molecule is C=C1/C=C\C=C/CC(=N)C=CC1=NNc1ccccc1. The van der Waals surface area contributed by atoms with Gasteiger partial charge in [0.1, 0.15) is 0 Å². The largest absolute Gasteiger partial charge is 0.305 e. The summed E-state index contributed by atoms with van der Waals surface area (Å²) in [6.45, 7) is 3.99. The summed E-state index contributed by atoms with van der Waals surface area (Å²) in [6.07, 6.45) is 11.9. The fraction of sp³-hybridized carbons (Fsp3) is 0.0588. The first-order chi connectivity index (χ1) is 9.75. The molecule has 20 heavy (non-hydrogen) atoms. The Morgan fingerprint density at radius 1 is 1.05 bits per heavy atom. The van der Waals surface area contributed by atoms with Crippen LogP contribution in [0.5, 0.6) is 0 Å². The minimum Gasteiger partial charge on any atom is -0.305 e. The summed E-state index contributed by atoms with van der Waals surface area (Å²) in [5.41, 5.74) is 5.96. The Balaban J connectivity index is 2.21. The molecule has 1 aliphatic carbocycles. The Labute approximate surface area is 119 Å². The molecule has 0 fully saturated rings. The number of nitrogens with zero attached hydrogens (tertiary/aromatic N) is 1. The maximum atomic E-state index is 7.78. The number of benzene rings is 1. The molecule has 0 aliphatic heterocycles. The molecule has 0 atom stereocenters. The van der Waals surface area contributed by atoms with E-state index in [1.807, 2.05) is 60.7 Å². The molecule has 1 aliphatic rings. The number of anilines is 1. The van der Waals surface area contributed by atoms with Crippen LogP contribution < -0.4 is 5.43 Å². The maximum absolute atomic E-state index is 7.78. The first kappa shape index (κ1) is 13.7. The lowest BCUT2D eigenvalue weighted by atomic mass is 10.1. The van der Waals surface area contributed by atoms with E-state index in [2.05, 4.69) is 17.1 Å². The van der Waals surface area contributed by atoms with Crippen LogP contribution in [0.3, 0.4) is 0 Å². The molecule has 0 aromatic heterocycles. The van der Waals surface area contributed by atoms with Crippen molar-refractivity contribution in [3.8, 4) is 0 Å². The molecule has 1 aromatic rings. The average molecular weight is 263 g/mol. The van der Waals surface area contributed by atoms with Crippen LogP contribution in [-0.4, -0.2) is 11.4 Å². The molecular formula is C17H17N3. The second-order valence-electron chi connectivity index (χ2n) is 4.35. The lowest BCUT2D eigenvalue weighted by molar-refractivity contribution is 1.33. The molecule has 0 amide bonds. The van der Waals surface area contributed by atoms with Gasteiger partial charge in [0.2, 0.25) is 0 Å².